The Kier molecular flexibility index (Phi) is 3.52. The Morgan fingerprint density at radius 3 is 2.79 bits per heavy atom. The number of rotatable bonds is 3. The summed E-state index contributed by atoms with van der Waals surface area (Å²) in [6, 6.07) is 2.68. The number of carboxylic acids is 1. The van der Waals surface area contributed by atoms with Gasteiger partial charge in [-0.1, -0.05) is 0 Å². The van der Waals surface area contributed by atoms with Gasteiger partial charge >= 0.3 is 5.97 Å². The highest BCUT2D eigenvalue weighted by Gasteiger charge is 2.10. The Morgan fingerprint density at radius 1 is 1.47 bits per heavy atom. The molecule has 0 atom stereocenters. The van der Waals surface area contributed by atoms with Crippen LogP contribution in [0.2, 0.25) is 0 Å². The molecule has 4 N–H and O–H groups in total. The van der Waals surface area contributed by atoms with Crippen molar-refractivity contribution in [1.82, 2.24) is 15.0 Å². The molecule has 2 rings (SSSR count). The van der Waals surface area contributed by atoms with Gasteiger partial charge in [-0.15, -0.1) is 0 Å². The van der Waals surface area contributed by atoms with Gasteiger partial charge in [-0.25, -0.2) is 14.8 Å². The molecule has 19 heavy (non-hydrogen) atoms. The summed E-state index contributed by atoms with van der Waals surface area (Å²) in [5.41, 5.74) is 6.25. The normalized spacial score (nSPS) is 10.4. The van der Waals surface area contributed by atoms with Crippen molar-refractivity contribution >= 4 is 23.4 Å². The number of aromatic nitrogens is 3. The zero-order valence-corrected chi connectivity index (χ0v) is 10.7. The van der Waals surface area contributed by atoms with Gasteiger partial charge in [-0.3, -0.25) is 4.79 Å². The monoisotopic (exact) mass is 278 g/mol. The zero-order valence-electron chi connectivity index (χ0n) is 9.88. The van der Waals surface area contributed by atoms with Gasteiger partial charge in [0.05, 0.1) is 11.3 Å². The summed E-state index contributed by atoms with van der Waals surface area (Å²) in [6.45, 7) is 1.70. The summed E-state index contributed by atoms with van der Waals surface area (Å²) in [4.78, 5) is 32.7. The van der Waals surface area contributed by atoms with Gasteiger partial charge in [0.25, 0.3) is 5.56 Å². The number of nitrogen functional groups attached to an aromatic ring is 1. The number of pyridine rings is 1. The van der Waals surface area contributed by atoms with Crippen LogP contribution in [0.25, 0.3) is 0 Å². The summed E-state index contributed by atoms with van der Waals surface area (Å²) in [5, 5.41) is 9.54. The van der Waals surface area contributed by atoms with Crippen molar-refractivity contribution in [2.45, 2.75) is 17.1 Å². The lowest BCUT2D eigenvalue weighted by Gasteiger charge is -2.04. The van der Waals surface area contributed by atoms with E-state index < -0.39 is 5.97 Å². The van der Waals surface area contributed by atoms with Crippen LogP contribution in [0.3, 0.4) is 0 Å². The molecule has 0 unspecified atom stereocenters. The van der Waals surface area contributed by atoms with E-state index in [1.807, 2.05) is 0 Å². The first-order valence-corrected chi connectivity index (χ1v) is 6.02. The fourth-order valence-electron chi connectivity index (χ4n) is 1.36. The van der Waals surface area contributed by atoms with Crippen LogP contribution < -0.4 is 11.3 Å². The van der Waals surface area contributed by atoms with E-state index in [9.17, 15) is 9.59 Å². The number of H-pyrrole nitrogens is 1. The van der Waals surface area contributed by atoms with E-state index >= 15 is 0 Å². The summed E-state index contributed by atoms with van der Waals surface area (Å²) in [7, 11) is 0. The first kappa shape index (κ1) is 13.1. The van der Waals surface area contributed by atoms with E-state index in [2.05, 4.69) is 15.0 Å². The Labute approximate surface area is 111 Å². The van der Waals surface area contributed by atoms with E-state index in [1.54, 1.807) is 6.92 Å². The molecule has 0 saturated carbocycles. The third-order valence-corrected chi connectivity index (χ3v) is 3.09. The fourth-order valence-corrected chi connectivity index (χ4v) is 2.17. The predicted molar refractivity (Wildman–Crippen MR) is 69.3 cm³/mol. The lowest BCUT2D eigenvalue weighted by Crippen LogP contribution is -2.08. The Bertz CT molecular complexity index is 699. The SMILES string of the molecule is Cc1cc(=O)[nH]c(Sc2ncc(C(=O)O)cc2N)n1. The van der Waals surface area contributed by atoms with Crippen molar-refractivity contribution in [3.8, 4) is 0 Å². The molecule has 0 radical (unpaired) electrons. The van der Waals surface area contributed by atoms with Crippen LogP contribution in [0.15, 0.2) is 33.3 Å². The molecule has 2 aromatic rings. The van der Waals surface area contributed by atoms with E-state index in [1.165, 1.54) is 18.3 Å². The van der Waals surface area contributed by atoms with Crippen LogP contribution in [-0.2, 0) is 0 Å². The molecule has 0 aromatic carbocycles. The Balaban J connectivity index is 2.33. The molecule has 0 spiro atoms. The quantitative estimate of drug-likeness (QED) is 0.713. The number of aromatic amines is 1. The smallest absolute Gasteiger partial charge is 0.337 e. The molecule has 0 amide bonds. The van der Waals surface area contributed by atoms with Crippen LogP contribution >= 0.6 is 11.8 Å². The Hall–Kier alpha value is -2.35. The summed E-state index contributed by atoms with van der Waals surface area (Å²) in [5.74, 6) is -1.10. The van der Waals surface area contributed by atoms with Crippen LogP contribution in [-0.4, -0.2) is 26.0 Å². The number of aromatic carboxylic acids is 1. The third-order valence-electron chi connectivity index (χ3n) is 2.17. The van der Waals surface area contributed by atoms with Crippen molar-refractivity contribution < 1.29 is 9.90 Å². The van der Waals surface area contributed by atoms with Gasteiger partial charge < -0.3 is 15.8 Å². The lowest BCUT2D eigenvalue weighted by atomic mass is 10.3. The van der Waals surface area contributed by atoms with Gasteiger partial charge in [0.1, 0.15) is 5.03 Å². The molecule has 0 aliphatic carbocycles. The van der Waals surface area contributed by atoms with Gasteiger partial charge in [-0.2, -0.15) is 0 Å². The van der Waals surface area contributed by atoms with Crippen molar-refractivity contribution in [3.63, 3.8) is 0 Å². The second-order valence-corrected chi connectivity index (χ2v) is 4.70. The van der Waals surface area contributed by atoms with Crippen LogP contribution in [0.5, 0.6) is 0 Å². The maximum absolute atomic E-state index is 11.3. The second kappa shape index (κ2) is 5.11. The topological polar surface area (TPSA) is 122 Å². The largest absolute Gasteiger partial charge is 0.478 e. The first-order valence-electron chi connectivity index (χ1n) is 5.20. The molecule has 0 bridgehead atoms. The average molecular weight is 278 g/mol. The number of nitrogens with zero attached hydrogens (tertiary/aromatic N) is 2. The summed E-state index contributed by atoms with van der Waals surface area (Å²) in [6.07, 6.45) is 1.20. The first-order chi connectivity index (χ1) is 8.95. The number of hydrogen-bond acceptors (Lipinski definition) is 6. The van der Waals surface area contributed by atoms with Crippen LogP contribution in [0.1, 0.15) is 16.1 Å². The summed E-state index contributed by atoms with van der Waals surface area (Å²) >= 11 is 1.07. The number of nitrogens with one attached hydrogen (secondary N) is 1. The molecule has 8 heteroatoms. The third kappa shape index (κ3) is 3.10. The molecule has 0 aliphatic rings. The summed E-state index contributed by atoms with van der Waals surface area (Å²) < 4.78 is 0. The molecule has 0 fully saturated rings. The predicted octanol–water partition coefficient (Wildman–Crippen LogP) is 0.905. The molecule has 2 heterocycles. The van der Waals surface area contributed by atoms with Crippen LogP contribution in [0.4, 0.5) is 5.69 Å². The maximum Gasteiger partial charge on any atom is 0.337 e. The highest BCUT2D eigenvalue weighted by molar-refractivity contribution is 7.99. The van der Waals surface area contributed by atoms with Gasteiger partial charge in [0, 0.05) is 18.0 Å². The minimum atomic E-state index is -1.10. The van der Waals surface area contributed by atoms with Crippen molar-refractivity contribution in [2.24, 2.45) is 0 Å². The molecular weight excluding hydrogens is 268 g/mol. The maximum atomic E-state index is 11.3. The van der Waals surface area contributed by atoms with Crippen LogP contribution in [0, 0.1) is 6.92 Å². The van der Waals surface area contributed by atoms with E-state index in [-0.39, 0.29) is 16.8 Å². The molecule has 7 nitrogen and oxygen atoms in total. The highest BCUT2D eigenvalue weighted by Crippen LogP contribution is 2.27. The zero-order chi connectivity index (χ0) is 14.0. The highest BCUT2D eigenvalue weighted by atomic mass is 32.2. The van der Waals surface area contributed by atoms with E-state index in [0.29, 0.717) is 15.9 Å². The standard InChI is InChI=1S/C11H10N4O3S/c1-5-2-8(16)15-11(14-5)19-9-7(12)3-6(4-13-9)10(17)18/h2-4H,12H2,1H3,(H,17,18)(H,14,15,16). The average Bonchev–Trinajstić information content (AvgIpc) is 2.30. The van der Waals surface area contributed by atoms with Gasteiger partial charge in [-0.05, 0) is 24.8 Å². The number of nitrogens with two attached hydrogens (primary N) is 1. The second-order valence-electron chi connectivity index (χ2n) is 3.72. The van der Waals surface area contributed by atoms with Crippen molar-refractivity contribution in [1.29, 1.82) is 0 Å². The Morgan fingerprint density at radius 2 is 2.21 bits per heavy atom. The van der Waals surface area contributed by atoms with Crippen molar-refractivity contribution in [2.75, 3.05) is 5.73 Å². The fraction of sp³-hybridized carbons (Fsp3) is 0.0909. The van der Waals surface area contributed by atoms with E-state index in [0.717, 1.165) is 11.8 Å². The molecule has 98 valence electrons. The van der Waals surface area contributed by atoms with Gasteiger partial charge in [0.2, 0.25) is 0 Å². The number of anilines is 1. The molecule has 0 aliphatic heterocycles. The number of carboxylic acid groups (broad SMARTS) is 1. The number of carbonyl (C=O) groups is 1. The lowest BCUT2D eigenvalue weighted by molar-refractivity contribution is 0.0696. The van der Waals surface area contributed by atoms with E-state index in [4.69, 9.17) is 10.8 Å². The minimum absolute atomic E-state index is 0.00699. The number of hydrogen-bond donors (Lipinski definition) is 3. The number of aryl methyl sites for hydroxylation is 1. The molecule has 2 aromatic heterocycles. The minimum Gasteiger partial charge on any atom is -0.478 e. The van der Waals surface area contributed by atoms with Gasteiger partial charge in [0.15, 0.2) is 5.16 Å². The van der Waals surface area contributed by atoms with Crippen molar-refractivity contribution in [3.05, 3.63) is 39.9 Å². The molecular formula is C11H10N4O3S. The molecule has 0 saturated heterocycles.